The summed E-state index contributed by atoms with van der Waals surface area (Å²) in [6.45, 7) is 6.50. The Morgan fingerprint density at radius 1 is 1.19 bits per heavy atom. The van der Waals surface area contributed by atoms with Crippen molar-refractivity contribution in [2.75, 3.05) is 0 Å². The van der Waals surface area contributed by atoms with E-state index < -0.39 is 11.2 Å². The quantitative estimate of drug-likeness (QED) is 0.468. The smallest absolute Gasteiger partial charge is 0.332 e. The first-order valence-corrected chi connectivity index (χ1v) is 9.67. The zero-order valence-electron chi connectivity index (χ0n) is 16.7. The van der Waals surface area contributed by atoms with E-state index in [-0.39, 0.29) is 24.1 Å². The zero-order valence-corrected chi connectivity index (χ0v) is 16.7. The van der Waals surface area contributed by atoms with Crippen LogP contribution in [0.25, 0.3) is 11.2 Å². The van der Waals surface area contributed by atoms with E-state index >= 15 is 0 Å². The molecule has 0 N–H and O–H groups in total. The molecule has 0 saturated heterocycles. The first kappa shape index (κ1) is 20.9. The molecule has 2 rings (SSSR count). The third-order valence-electron chi connectivity index (χ3n) is 4.50. The molecule has 0 spiro atoms. The fraction of sp³-hybridized carbons (Fsp3) is 0.684. The van der Waals surface area contributed by atoms with Crippen LogP contribution in [-0.4, -0.2) is 24.7 Å². The highest BCUT2D eigenvalue weighted by molar-refractivity contribution is 5.71. The number of aromatic nitrogens is 4. The van der Waals surface area contributed by atoms with Crippen molar-refractivity contribution >= 4 is 17.1 Å². The number of imidazole rings is 1. The van der Waals surface area contributed by atoms with Crippen LogP contribution in [0, 0.1) is 5.92 Å². The van der Waals surface area contributed by atoms with E-state index in [1.165, 1.54) is 28.9 Å². The average molecular weight is 378 g/mol. The normalized spacial score (nSPS) is 11.4. The topological polar surface area (TPSA) is 88.1 Å². The van der Waals surface area contributed by atoms with Gasteiger partial charge in [-0.3, -0.25) is 23.3 Å². The third kappa shape index (κ3) is 5.08. The number of hydrogen-bond acceptors (Lipinski definition) is 5. The summed E-state index contributed by atoms with van der Waals surface area (Å²) in [5.74, 6) is -0.0697. The first-order valence-electron chi connectivity index (χ1n) is 9.67. The number of carbonyl (C=O) groups excluding carboxylic acids is 1. The predicted octanol–water partition coefficient (Wildman–Crippen LogP) is 2.41. The van der Waals surface area contributed by atoms with Gasteiger partial charge in [-0.15, -0.1) is 0 Å². The minimum absolute atomic E-state index is 0.0839. The lowest BCUT2D eigenvalue weighted by molar-refractivity contribution is -0.147. The van der Waals surface area contributed by atoms with E-state index in [0.29, 0.717) is 18.6 Å². The molecule has 0 saturated carbocycles. The van der Waals surface area contributed by atoms with E-state index in [4.69, 9.17) is 4.74 Å². The molecule has 0 aromatic carbocycles. The molecule has 0 atom stereocenters. The standard InChI is InChI=1S/C19H30N4O4/c1-5-6-7-8-9-10-15(24)27-13-22-12-20-17-16(22)18(25)21(4)19(26)23(17)11-14(2)3/h12,14H,5-11,13H2,1-4H3. The molecule has 2 heterocycles. The summed E-state index contributed by atoms with van der Waals surface area (Å²) in [5, 5.41) is 0. The van der Waals surface area contributed by atoms with Gasteiger partial charge in [-0.25, -0.2) is 9.78 Å². The summed E-state index contributed by atoms with van der Waals surface area (Å²) >= 11 is 0. The maximum Gasteiger partial charge on any atom is 0.332 e. The van der Waals surface area contributed by atoms with Gasteiger partial charge in [0.25, 0.3) is 5.56 Å². The first-order chi connectivity index (χ1) is 12.9. The molecule has 0 amide bonds. The highest BCUT2D eigenvalue weighted by Crippen LogP contribution is 2.10. The number of carbonyl (C=O) groups is 1. The molecule has 0 radical (unpaired) electrons. The number of fused-ring (bicyclic) bond motifs is 1. The van der Waals surface area contributed by atoms with Crippen molar-refractivity contribution in [2.45, 2.75) is 72.6 Å². The summed E-state index contributed by atoms with van der Waals surface area (Å²) in [7, 11) is 1.45. The Morgan fingerprint density at radius 2 is 1.89 bits per heavy atom. The van der Waals surface area contributed by atoms with E-state index in [1.807, 2.05) is 13.8 Å². The van der Waals surface area contributed by atoms with Gasteiger partial charge in [0, 0.05) is 20.0 Å². The number of esters is 1. The van der Waals surface area contributed by atoms with Crippen molar-refractivity contribution in [1.29, 1.82) is 0 Å². The fourth-order valence-corrected chi connectivity index (χ4v) is 3.02. The highest BCUT2D eigenvalue weighted by atomic mass is 16.5. The molecule has 0 bridgehead atoms. The van der Waals surface area contributed by atoms with Crippen LogP contribution in [0.4, 0.5) is 0 Å². The minimum atomic E-state index is -0.442. The molecule has 0 aliphatic carbocycles. The largest absolute Gasteiger partial charge is 0.444 e. The molecule has 2 aromatic rings. The summed E-state index contributed by atoms with van der Waals surface area (Å²) in [5.41, 5.74) is -0.237. The van der Waals surface area contributed by atoms with Crippen molar-refractivity contribution in [3.05, 3.63) is 27.2 Å². The van der Waals surface area contributed by atoms with Crippen LogP contribution < -0.4 is 11.2 Å². The molecule has 27 heavy (non-hydrogen) atoms. The summed E-state index contributed by atoms with van der Waals surface area (Å²) in [4.78, 5) is 41.1. The third-order valence-corrected chi connectivity index (χ3v) is 4.50. The van der Waals surface area contributed by atoms with E-state index in [1.54, 1.807) is 0 Å². The molecule has 8 heteroatoms. The summed E-state index contributed by atoms with van der Waals surface area (Å²) in [6.07, 6.45) is 7.09. The van der Waals surface area contributed by atoms with Gasteiger partial charge >= 0.3 is 11.7 Å². The molecule has 0 unspecified atom stereocenters. The maximum absolute atomic E-state index is 12.5. The van der Waals surface area contributed by atoms with Crippen LogP contribution in [0.1, 0.15) is 59.3 Å². The second-order valence-electron chi connectivity index (χ2n) is 7.35. The Hall–Kier alpha value is -2.38. The van der Waals surface area contributed by atoms with Gasteiger partial charge < -0.3 is 4.74 Å². The van der Waals surface area contributed by atoms with Crippen molar-refractivity contribution in [3.8, 4) is 0 Å². The second kappa shape index (κ2) is 9.53. The lowest BCUT2D eigenvalue weighted by Gasteiger charge is -2.12. The Bertz CT molecular complexity index is 891. The second-order valence-corrected chi connectivity index (χ2v) is 7.35. The van der Waals surface area contributed by atoms with Crippen molar-refractivity contribution < 1.29 is 9.53 Å². The van der Waals surface area contributed by atoms with Crippen molar-refractivity contribution in [1.82, 2.24) is 18.7 Å². The van der Waals surface area contributed by atoms with Gasteiger partial charge in [0.1, 0.15) is 6.33 Å². The zero-order chi connectivity index (χ0) is 20.0. The lowest BCUT2D eigenvalue weighted by Crippen LogP contribution is -2.39. The Labute approximate surface area is 158 Å². The van der Waals surface area contributed by atoms with Crippen LogP contribution in [0.3, 0.4) is 0 Å². The van der Waals surface area contributed by atoms with Gasteiger partial charge in [-0.1, -0.05) is 46.5 Å². The average Bonchev–Trinajstić information content (AvgIpc) is 3.05. The van der Waals surface area contributed by atoms with Crippen LogP contribution in [0.5, 0.6) is 0 Å². The van der Waals surface area contributed by atoms with Gasteiger partial charge in [-0.05, 0) is 12.3 Å². The van der Waals surface area contributed by atoms with Crippen LogP contribution >= 0.6 is 0 Å². The van der Waals surface area contributed by atoms with Gasteiger partial charge in [0.15, 0.2) is 17.9 Å². The Morgan fingerprint density at radius 3 is 2.56 bits per heavy atom. The van der Waals surface area contributed by atoms with E-state index in [2.05, 4.69) is 11.9 Å². The summed E-state index contributed by atoms with van der Waals surface area (Å²) in [6, 6.07) is 0. The van der Waals surface area contributed by atoms with Crippen molar-refractivity contribution in [2.24, 2.45) is 13.0 Å². The molecule has 0 fully saturated rings. The number of ether oxygens (including phenoxy) is 1. The Balaban J connectivity index is 2.14. The maximum atomic E-state index is 12.5. The van der Waals surface area contributed by atoms with Crippen LogP contribution in [0.15, 0.2) is 15.9 Å². The predicted molar refractivity (Wildman–Crippen MR) is 104 cm³/mol. The molecule has 0 aliphatic rings. The molecule has 8 nitrogen and oxygen atoms in total. The van der Waals surface area contributed by atoms with Crippen LogP contribution in [-0.2, 0) is 29.9 Å². The van der Waals surface area contributed by atoms with Gasteiger partial charge in [0.2, 0.25) is 0 Å². The van der Waals surface area contributed by atoms with Crippen molar-refractivity contribution in [3.63, 3.8) is 0 Å². The highest BCUT2D eigenvalue weighted by Gasteiger charge is 2.17. The summed E-state index contributed by atoms with van der Waals surface area (Å²) < 4.78 is 9.35. The molecular weight excluding hydrogens is 348 g/mol. The molecule has 0 aliphatic heterocycles. The number of rotatable bonds is 10. The van der Waals surface area contributed by atoms with E-state index in [9.17, 15) is 14.4 Å². The SMILES string of the molecule is CCCCCCCC(=O)OCn1cnc2c1c(=O)n(C)c(=O)n2CC(C)C. The monoisotopic (exact) mass is 378 g/mol. The van der Waals surface area contributed by atoms with Crippen LogP contribution in [0.2, 0.25) is 0 Å². The van der Waals surface area contributed by atoms with Gasteiger partial charge in [0.05, 0.1) is 0 Å². The lowest BCUT2D eigenvalue weighted by atomic mass is 10.1. The molecular formula is C19H30N4O4. The number of hydrogen-bond donors (Lipinski definition) is 0. The fourth-order valence-electron chi connectivity index (χ4n) is 3.02. The minimum Gasteiger partial charge on any atom is -0.444 e. The molecule has 150 valence electrons. The van der Waals surface area contributed by atoms with Gasteiger partial charge in [-0.2, -0.15) is 0 Å². The number of nitrogens with zero attached hydrogens (tertiary/aromatic N) is 4. The number of unbranched alkanes of at least 4 members (excludes halogenated alkanes) is 4. The molecule has 2 aromatic heterocycles. The Kier molecular flexibility index (Phi) is 7.38. The van der Waals surface area contributed by atoms with E-state index in [0.717, 1.165) is 30.3 Å².